The van der Waals surface area contributed by atoms with Crippen molar-refractivity contribution in [3.05, 3.63) is 38.9 Å². The highest BCUT2D eigenvalue weighted by atomic mass is 16.6. The van der Waals surface area contributed by atoms with Crippen LogP contribution in [-0.4, -0.2) is 28.0 Å². The molecule has 1 aliphatic rings. The minimum Gasteiger partial charge on any atom is -0.366 e. The molecule has 1 aromatic heterocycles. The molecule has 98 valence electrons. The van der Waals surface area contributed by atoms with Crippen LogP contribution in [0.1, 0.15) is 12.8 Å². The van der Waals surface area contributed by atoms with Gasteiger partial charge in [-0.3, -0.25) is 14.9 Å². The average Bonchev–Trinajstić information content (AvgIpc) is 2.91. The molecule has 1 aliphatic heterocycles. The van der Waals surface area contributed by atoms with Crippen molar-refractivity contribution in [3.8, 4) is 0 Å². The lowest BCUT2D eigenvalue weighted by Gasteiger charge is -2.17. The number of aromatic amines is 1. The summed E-state index contributed by atoms with van der Waals surface area (Å²) in [4.78, 5) is 30.9. The molecule has 0 radical (unpaired) electrons. The van der Waals surface area contributed by atoms with Crippen LogP contribution < -0.4 is 10.5 Å². The second-order valence-electron chi connectivity index (χ2n) is 4.54. The second kappa shape index (κ2) is 4.34. The number of hydrogen-bond donors (Lipinski definition) is 1. The van der Waals surface area contributed by atoms with Gasteiger partial charge in [-0.05, 0) is 18.9 Å². The van der Waals surface area contributed by atoms with Gasteiger partial charge in [-0.1, -0.05) is 0 Å². The van der Waals surface area contributed by atoms with Crippen LogP contribution in [-0.2, 0) is 0 Å². The lowest BCUT2D eigenvalue weighted by Crippen LogP contribution is -2.19. The molecule has 0 unspecified atom stereocenters. The molecule has 1 fully saturated rings. The minimum absolute atomic E-state index is 0.0344. The van der Waals surface area contributed by atoms with Crippen molar-refractivity contribution >= 4 is 22.3 Å². The van der Waals surface area contributed by atoms with Crippen LogP contribution in [0.25, 0.3) is 10.9 Å². The molecule has 19 heavy (non-hydrogen) atoms. The van der Waals surface area contributed by atoms with Gasteiger partial charge >= 0.3 is 0 Å². The first-order chi connectivity index (χ1) is 9.16. The Balaban J connectivity index is 2.27. The molecule has 0 bridgehead atoms. The Kier molecular flexibility index (Phi) is 2.66. The number of nitro groups is 1. The second-order valence-corrected chi connectivity index (χ2v) is 4.54. The highest BCUT2D eigenvalue weighted by Gasteiger charge is 2.23. The molecule has 0 atom stereocenters. The molecule has 2 aromatic rings. The maximum absolute atomic E-state index is 11.7. The maximum atomic E-state index is 11.7. The van der Waals surface area contributed by atoms with E-state index in [1.54, 1.807) is 6.07 Å². The van der Waals surface area contributed by atoms with E-state index >= 15 is 0 Å². The van der Waals surface area contributed by atoms with E-state index in [1.165, 1.54) is 12.4 Å². The van der Waals surface area contributed by atoms with Crippen LogP contribution in [0.15, 0.2) is 23.3 Å². The van der Waals surface area contributed by atoms with E-state index in [9.17, 15) is 14.9 Å². The zero-order valence-corrected chi connectivity index (χ0v) is 10.1. The monoisotopic (exact) mass is 260 g/mol. The Morgan fingerprint density at radius 2 is 2.05 bits per heavy atom. The van der Waals surface area contributed by atoms with Gasteiger partial charge in [-0.15, -0.1) is 0 Å². The summed E-state index contributed by atoms with van der Waals surface area (Å²) in [6, 6.07) is 2.95. The Bertz CT molecular complexity index is 704. The van der Waals surface area contributed by atoms with Crippen LogP contribution >= 0.6 is 0 Å². The van der Waals surface area contributed by atoms with Gasteiger partial charge in [0.2, 0.25) is 0 Å². The highest BCUT2D eigenvalue weighted by molar-refractivity contribution is 5.87. The molecule has 3 rings (SSSR count). The first-order valence-corrected chi connectivity index (χ1v) is 6.07. The maximum Gasteiger partial charge on any atom is 0.293 e. The third kappa shape index (κ3) is 1.92. The van der Waals surface area contributed by atoms with Gasteiger partial charge in [0.15, 0.2) is 0 Å². The van der Waals surface area contributed by atoms with E-state index in [-0.39, 0.29) is 16.6 Å². The van der Waals surface area contributed by atoms with E-state index in [0.717, 1.165) is 25.9 Å². The molecule has 2 heterocycles. The van der Waals surface area contributed by atoms with Crippen molar-refractivity contribution in [2.24, 2.45) is 0 Å². The lowest BCUT2D eigenvalue weighted by atomic mass is 10.1. The molecule has 7 nitrogen and oxygen atoms in total. The average molecular weight is 260 g/mol. The summed E-state index contributed by atoms with van der Waals surface area (Å²) in [6.07, 6.45) is 3.36. The molecule has 0 saturated carbocycles. The summed E-state index contributed by atoms with van der Waals surface area (Å²) in [5, 5.41) is 11.4. The van der Waals surface area contributed by atoms with Gasteiger partial charge in [0.25, 0.3) is 11.2 Å². The molecule has 0 amide bonds. The van der Waals surface area contributed by atoms with Crippen molar-refractivity contribution in [1.29, 1.82) is 0 Å². The third-order valence-electron chi connectivity index (χ3n) is 3.38. The molecule has 0 aliphatic carbocycles. The number of fused-ring (bicyclic) bond motifs is 1. The summed E-state index contributed by atoms with van der Waals surface area (Å²) in [6.45, 7) is 1.60. The first-order valence-electron chi connectivity index (χ1n) is 6.07. The van der Waals surface area contributed by atoms with E-state index in [1.807, 2.05) is 4.90 Å². The number of nitro benzene ring substituents is 1. The SMILES string of the molecule is O=c1[nH]cnc2cc(N3CCCC3)c([N+](=O)[O-])cc12. The van der Waals surface area contributed by atoms with E-state index < -0.39 is 4.92 Å². The van der Waals surface area contributed by atoms with Crippen LogP contribution in [0.5, 0.6) is 0 Å². The standard InChI is InChI=1S/C12H12N4O3/c17-12-8-5-11(16(18)19)10(15-3-1-2-4-15)6-9(8)13-7-14-12/h5-7H,1-4H2,(H,13,14,17). The first kappa shape index (κ1) is 11.6. The fourth-order valence-electron chi connectivity index (χ4n) is 2.45. The van der Waals surface area contributed by atoms with Gasteiger partial charge in [0.05, 0.1) is 22.2 Å². The van der Waals surface area contributed by atoms with Crippen LogP contribution in [0.3, 0.4) is 0 Å². The van der Waals surface area contributed by atoms with Gasteiger partial charge in [0.1, 0.15) is 5.69 Å². The Hall–Kier alpha value is -2.44. The zero-order chi connectivity index (χ0) is 13.4. The van der Waals surface area contributed by atoms with Gasteiger partial charge in [0, 0.05) is 19.2 Å². The van der Waals surface area contributed by atoms with Crippen molar-refractivity contribution < 1.29 is 4.92 Å². The Morgan fingerprint density at radius 3 is 2.74 bits per heavy atom. The van der Waals surface area contributed by atoms with Crippen LogP contribution in [0, 0.1) is 10.1 Å². The summed E-state index contributed by atoms with van der Waals surface area (Å²) < 4.78 is 0. The Morgan fingerprint density at radius 1 is 1.32 bits per heavy atom. The molecular formula is C12H12N4O3. The number of nitrogens with one attached hydrogen (secondary N) is 1. The largest absolute Gasteiger partial charge is 0.366 e. The predicted octanol–water partition coefficient (Wildman–Crippen LogP) is 1.43. The number of aromatic nitrogens is 2. The fourth-order valence-corrected chi connectivity index (χ4v) is 2.45. The third-order valence-corrected chi connectivity index (χ3v) is 3.38. The number of anilines is 1. The minimum atomic E-state index is -0.445. The quantitative estimate of drug-likeness (QED) is 0.651. The number of H-pyrrole nitrogens is 1. The summed E-state index contributed by atoms with van der Waals surface area (Å²) in [5.41, 5.74) is 0.637. The number of rotatable bonds is 2. The smallest absolute Gasteiger partial charge is 0.293 e. The van der Waals surface area contributed by atoms with Crippen molar-refractivity contribution in [2.45, 2.75) is 12.8 Å². The molecule has 1 N–H and O–H groups in total. The van der Waals surface area contributed by atoms with Crippen molar-refractivity contribution in [2.75, 3.05) is 18.0 Å². The summed E-state index contributed by atoms with van der Waals surface area (Å²) in [5.74, 6) is 0. The normalized spacial score (nSPS) is 15.1. The predicted molar refractivity (Wildman–Crippen MR) is 70.5 cm³/mol. The van der Waals surface area contributed by atoms with Gasteiger partial charge in [-0.25, -0.2) is 4.98 Å². The number of hydrogen-bond acceptors (Lipinski definition) is 5. The lowest BCUT2D eigenvalue weighted by molar-refractivity contribution is -0.384. The molecule has 1 aromatic carbocycles. The van der Waals surface area contributed by atoms with Crippen molar-refractivity contribution in [1.82, 2.24) is 9.97 Å². The van der Waals surface area contributed by atoms with Crippen molar-refractivity contribution in [3.63, 3.8) is 0 Å². The van der Waals surface area contributed by atoms with E-state index in [0.29, 0.717) is 11.2 Å². The molecule has 7 heteroatoms. The Labute approximate surface area is 108 Å². The molecular weight excluding hydrogens is 248 g/mol. The molecule has 1 saturated heterocycles. The zero-order valence-electron chi connectivity index (χ0n) is 10.1. The number of nitrogens with zero attached hydrogens (tertiary/aromatic N) is 3. The van der Waals surface area contributed by atoms with Gasteiger partial charge < -0.3 is 9.88 Å². The highest BCUT2D eigenvalue weighted by Crippen LogP contribution is 2.33. The summed E-state index contributed by atoms with van der Waals surface area (Å²) >= 11 is 0. The van der Waals surface area contributed by atoms with Crippen LogP contribution in [0.4, 0.5) is 11.4 Å². The number of benzene rings is 1. The fraction of sp³-hybridized carbons (Fsp3) is 0.333. The topological polar surface area (TPSA) is 92.1 Å². The summed E-state index contributed by atoms with van der Waals surface area (Å²) in [7, 11) is 0. The molecule has 0 spiro atoms. The van der Waals surface area contributed by atoms with E-state index in [4.69, 9.17) is 0 Å². The van der Waals surface area contributed by atoms with Crippen LogP contribution in [0.2, 0.25) is 0 Å². The van der Waals surface area contributed by atoms with E-state index in [2.05, 4.69) is 9.97 Å². The van der Waals surface area contributed by atoms with Gasteiger partial charge in [-0.2, -0.15) is 0 Å².